The Hall–Kier alpha value is -1.01. The van der Waals surface area contributed by atoms with Crippen molar-refractivity contribution in [3.05, 3.63) is 28.2 Å². The number of nitrogens with zero attached hydrogens (tertiary/aromatic N) is 1. The van der Waals surface area contributed by atoms with Crippen LogP contribution in [-0.4, -0.2) is 47.8 Å². The smallest absolute Gasteiger partial charge is 0.234 e. The number of primary amides is 1. The number of aliphatic hydroxyl groups excluding tert-OH is 1. The van der Waals surface area contributed by atoms with Gasteiger partial charge in [0.2, 0.25) is 5.91 Å². The molecule has 2 rings (SSSR count). The van der Waals surface area contributed by atoms with E-state index in [0.29, 0.717) is 22.3 Å². The van der Waals surface area contributed by atoms with Crippen molar-refractivity contribution in [1.29, 1.82) is 0 Å². The second-order valence-corrected chi connectivity index (χ2v) is 6.24. The number of β-amino-alcohol motifs (C(OH)–C–C–N with tert-alkyl or cyclic N) is 1. The zero-order chi connectivity index (χ0) is 16.1. The van der Waals surface area contributed by atoms with Crippen LogP contribution in [0, 0.1) is 0 Å². The van der Waals surface area contributed by atoms with Crippen molar-refractivity contribution in [3.63, 3.8) is 0 Å². The third-order valence-electron chi connectivity index (χ3n) is 3.73. The predicted octanol–water partition coefficient (Wildman–Crippen LogP) is 2.07. The van der Waals surface area contributed by atoms with E-state index >= 15 is 0 Å². The Labute approximate surface area is 139 Å². The molecule has 2 atom stereocenters. The number of benzene rings is 1. The highest BCUT2D eigenvalue weighted by molar-refractivity contribution is 6.37. The van der Waals surface area contributed by atoms with Crippen molar-refractivity contribution >= 4 is 29.1 Å². The average molecular weight is 347 g/mol. The molecule has 0 aliphatic carbocycles. The number of hydrogen-bond acceptors (Lipinski definition) is 4. The molecule has 122 valence electrons. The van der Waals surface area contributed by atoms with Gasteiger partial charge in [0.25, 0.3) is 0 Å². The average Bonchev–Trinajstić information content (AvgIpc) is 2.47. The maximum Gasteiger partial charge on any atom is 0.234 e. The Morgan fingerprint density at radius 2 is 2.09 bits per heavy atom. The van der Waals surface area contributed by atoms with Crippen LogP contribution < -0.4 is 10.5 Å². The lowest BCUT2D eigenvalue weighted by Crippen LogP contribution is -2.50. The molecule has 1 saturated heterocycles. The molecule has 1 aromatic carbocycles. The van der Waals surface area contributed by atoms with Crippen molar-refractivity contribution in [2.45, 2.75) is 31.4 Å². The van der Waals surface area contributed by atoms with E-state index in [1.807, 2.05) is 4.90 Å². The molecular weight excluding hydrogens is 327 g/mol. The lowest BCUT2D eigenvalue weighted by molar-refractivity contribution is -0.125. The van der Waals surface area contributed by atoms with Gasteiger partial charge in [-0.2, -0.15) is 0 Å². The molecule has 0 saturated carbocycles. The topological polar surface area (TPSA) is 75.8 Å². The van der Waals surface area contributed by atoms with Gasteiger partial charge >= 0.3 is 0 Å². The summed E-state index contributed by atoms with van der Waals surface area (Å²) >= 11 is 12.0. The van der Waals surface area contributed by atoms with Gasteiger partial charge < -0.3 is 15.6 Å². The van der Waals surface area contributed by atoms with Crippen LogP contribution in [0.3, 0.4) is 0 Å². The van der Waals surface area contributed by atoms with Gasteiger partial charge in [0.1, 0.15) is 12.7 Å². The normalized spacial score (nSPS) is 20.6. The third-order valence-corrected chi connectivity index (χ3v) is 4.32. The zero-order valence-electron chi connectivity index (χ0n) is 12.2. The Balaban J connectivity index is 1.89. The molecular formula is C15H20Cl2N2O3. The summed E-state index contributed by atoms with van der Waals surface area (Å²) in [4.78, 5) is 13.4. The third kappa shape index (κ3) is 4.49. The van der Waals surface area contributed by atoms with Crippen molar-refractivity contribution in [2.24, 2.45) is 5.73 Å². The highest BCUT2D eigenvalue weighted by Crippen LogP contribution is 2.32. The van der Waals surface area contributed by atoms with E-state index in [9.17, 15) is 9.90 Å². The number of carbonyl (C=O) groups excluding carboxylic acids is 1. The summed E-state index contributed by atoms with van der Waals surface area (Å²) in [7, 11) is 0. The SMILES string of the molecule is NC(=O)C1CCCCN1CC(O)COc1c(Cl)cccc1Cl. The van der Waals surface area contributed by atoms with Crippen molar-refractivity contribution in [1.82, 2.24) is 4.90 Å². The molecule has 5 nitrogen and oxygen atoms in total. The molecule has 0 bridgehead atoms. The first-order chi connectivity index (χ1) is 10.5. The lowest BCUT2D eigenvalue weighted by Gasteiger charge is -2.34. The van der Waals surface area contributed by atoms with Crippen LogP contribution in [0.5, 0.6) is 5.75 Å². The van der Waals surface area contributed by atoms with E-state index in [2.05, 4.69) is 0 Å². The summed E-state index contributed by atoms with van der Waals surface area (Å²) < 4.78 is 5.51. The van der Waals surface area contributed by atoms with Gasteiger partial charge in [0.05, 0.1) is 16.1 Å². The summed E-state index contributed by atoms with van der Waals surface area (Å²) in [6.45, 7) is 1.12. The van der Waals surface area contributed by atoms with Crippen LogP contribution in [0.4, 0.5) is 0 Å². The second-order valence-electron chi connectivity index (χ2n) is 5.42. The molecule has 1 amide bonds. The number of likely N-dealkylation sites (tertiary alicyclic amines) is 1. The summed E-state index contributed by atoms with van der Waals surface area (Å²) in [6, 6.07) is 4.75. The molecule has 3 N–H and O–H groups in total. The van der Waals surface area contributed by atoms with Gasteiger partial charge in [-0.05, 0) is 31.5 Å². The predicted molar refractivity (Wildman–Crippen MR) is 86.4 cm³/mol. The molecule has 7 heteroatoms. The van der Waals surface area contributed by atoms with Crippen LogP contribution in [-0.2, 0) is 4.79 Å². The zero-order valence-corrected chi connectivity index (χ0v) is 13.7. The standard InChI is InChI=1S/C15H20Cl2N2O3/c16-11-4-3-5-12(17)14(11)22-9-10(20)8-19-7-2-1-6-13(19)15(18)21/h3-5,10,13,20H,1-2,6-9H2,(H2,18,21). The van der Waals surface area contributed by atoms with E-state index in [-0.39, 0.29) is 18.6 Å². The Kier molecular flexibility index (Phi) is 6.32. The van der Waals surface area contributed by atoms with Crippen molar-refractivity contribution in [2.75, 3.05) is 19.7 Å². The van der Waals surface area contributed by atoms with Crippen LogP contribution in [0.15, 0.2) is 18.2 Å². The molecule has 0 radical (unpaired) electrons. The fourth-order valence-corrected chi connectivity index (χ4v) is 3.16. The van der Waals surface area contributed by atoms with Crippen molar-refractivity contribution < 1.29 is 14.6 Å². The summed E-state index contributed by atoms with van der Waals surface area (Å²) in [5.41, 5.74) is 5.41. The molecule has 22 heavy (non-hydrogen) atoms. The molecule has 0 aromatic heterocycles. The lowest BCUT2D eigenvalue weighted by atomic mass is 10.0. The molecule has 1 aliphatic rings. The van der Waals surface area contributed by atoms with E-state index in [1.165, 1.54) is 0 Å². The van der Waals surface area contributed by atoms with Gasteiger partial charge in [-0.25, -0.2) is 0 Å². The number of amides is 1. The molecule has 1 aliphatic heterocycles. The first kappa shape index (κ1) is 17.3. The molecule has 1 fully saturated rings. The summed E-state index contributed by atoms with van der Waals surface area (Å²) in [5.74, 6) is 0.0111. The van der Waals surface area contributed by atoms with Crippen LogP contribution in [0.1, 0.15) is 19.3 Å². The number of carbonyl (C=O) groups is 1. The Morgan fingerprint density at radius 1 is 1.41 bits per heavy atom. The van der Waals surface area contributed by atoms with Crippen molar-refractivity contribution in [3.8, 4) is 5.75 Å². The fourth-order valence-electron chi connectivity index (χ4n) is 2.66. The molecule has 1 aromatic rings. The van der Waals surface area contributed by atoms with Gasteiger partial charge in [-0.3, -0.25) is 9.69 Å². The minimum absolute atomic E-state index is 0.0471. The van der Waals surface area contributed by atoms with Crippen LogP contribution >= 0.6 is 23.2 Å². The van der Waals surface area contributed by atoms with E-state index in [4.69, 9.17) is 33.7 Å². The maximum atomic E-state index is 11.4. The summed E-state index contributed by atoms with van der Waals surface area (Å²) in [5, 5.41) is 10.9. The number of aliphatic hydroxyl groups is 1. The number of hydrogen-bond donors (Lipinski definition) is 2. The highest BCUT2D eigenvalue weighted by Gasteiger charge is 2.28. The van der Waals surface area contributed by atoms with Gasteiger partial charge in [-0.15, -0.1) is 0 Å². The first-order valence-electron chi connectivity index (χ1n) is 7.27. The van der Waals surface area contributed by atoms with E-state index in [0.717, 1.165) is 25.8 Å². The second kappa shape index (κ2) is 8.02. The molecule has 0 spiro atoms. The monoisotopic (exact) mass is 346 g/mol. The van der Waals surface area contributed by atoms with Crippen LogP contribution in [0.2, 0.25) is 10.0 Å². The Bertz CT molecular complexity index is 507. The number of rotatable bonds is 6. The number of piperidine rings is 1. The number of halogens is 2. The van der Waals surface area contributed by atoms with Gasteiger partial charge in [0.15, 0.2) is 5.75 Å². The Morgan fingerprint density at radius 3 is 2.73 bits per heavy atom. The number of ether oxygens (including phenoxy) is 1. The van der Waals surface area contributed by atoms with E-state index < -0.39 is 6.10 Å². The van der Waals surface area contributed by atoms with Gasteiger partial charge in [0, 0.05) is 6.54 Å². The largest absolute Gasteiger partial charge is 0.488 e. The minimum atomic E-state index is -0.757. The maximum absolute atomic E-state index is 11.4. The van der Waals surface area contributed by atoms with Crippen LogP contribution in [0.25, 0.3) is 0 Å². The highest BCUT2D eigenvalue weighted by atomic mass is 35.5. The first-order valence-corrected chi connectivity index (χ1v) is 8.03. The number of para-hydroxylation sites is 1. The quantitative estimate of drug-likeness (QED) is 0.826. The fraction of sp³-hybridized carbons (Fsp3) is 0.533. The number of nitrogens with two attached hydrogens (primary N) is 1. The van der Waals surface area contributed by atoms with E-state index in [1.54, 1.807) is 18.2 Å². The summed E-state index contributed by atoms with van der Waals surface area (Å²) in [6.07, 6.45) is 1.95. The minimum Gasteiger partial charge on any atom is -0.488 e. The van der Waals surface area contributed by atoms with Gasteiger partial charge in [-0.1, -0.05) is 35.7 Å². The molecule has 2 unspecified atom stereocenters. The molecule has 1 heterocycles.